The Morgan fingerprint density at radius 3 is 2.95 bits per heavy atom. The Morgan fingerprint density at radius 2 is 2.32 bits per heavy atom. The van der Waals surface area contributed by atoms with Crippen LogP contribution in [0.5, 0.6) is 5.75 Å². The number of ether oxygens (including phenoxy) is 1. The maximum Gasteiger partial charge on any atom is 0.407 e. The predicted octanol–water partition coefficient (Wildman–Crippen LogP) is 1.74. The first-order chi connectivity index (χ1) is 10.4. The molecule has 1 atom stereocenters. The number of morpholine rings is 1. The summed E-state index contributed by atoms with van der Waals surface area (Å²) >= 11 is 5.77. The van der Waals surface area contributed by atoms with Crippen LogP contribution >= 0.6 is 11.6 Å². The lowest BCUT2D eigenvalue weighted by atomic mass is 10.2. The molecule has 0 saturated carbocycles. The van der Waals surface area contributed by atoms with Gasteiger partial charge in [0.1, 0.15) is 10.8 Å². The van der Waals surface area contributed by atoms with Crippen molar-refractivity contribution < 1.29 is 24.7 Å². The van der Waals surface area contributed by atoms with Gasteiger partial charge < -0.3 is 25.2 Å². The van der Waals surface area contributed by atoms with Gasteiger partial charge in [0.25, 0.3) is 0 Å². The summed E-state index contributed by atoms with van der Waals surface area (Å²) in [4.78, 5) is 22.5. The number of nitro benzene ring substituents is 1. The maximum absolute atomic E-state index is 11.0. The lowest BCUT2D eigenvalue weighted by Gasteiger charge is -2.31. The number of phenolic OH excluding ortho intramolecular Hbond substituents is 1. The first-order valence-electron chi connectivity index (χ1n) is 6.39. The fourth-order valence-corrected chi connectivity index (χ4v) is 2.37. The fraction of sp³-hybridized carbons (Fsp3) is 0.417. The Bertz CT molecular complexity index is 596. The molecule has 9 nitrogen and oxygen atoms in total. The molecule has 0 spiro atoms. The van der Waals surface area contributed by atoms with E-state index in [-0.39, 0.29) is 42.7 Å². The van der Waals surface area contributed by atoms with E-state index in [1.165, 1.54) is 17.0 Å². The first kappa shape index (κ1) is 16.1. The number of rotatable bonds is 4. The number of nitrogens with zero attached hydrogens (tertiary/aromatic N) is 2. The third kappa shape index (κ3) is 3.49. The molecule has 2 rings (SSSR count). The van der Waals surface area contributed by atoms with Crippen LogP contribution in [0.4, 0.5) is 16.2 Å². The summed E-state index contributed by atoms with van der Waals surface area (Å²) < 4.78 is 5.40. The zero-order valence-electron chi connectivity index (χ0n) is 11.4. The summed E-state index contributed by atoms with van der Waals surface area (Å²) in [7, 11) is 0. The molecule has 3 N–H and O–H groups in total. The second-order valence-electron chi connectivity index (χ2n) is 4.65. The van der Waals surface area contributed by atoms with Crippen LogP contribution in [-0.2, 0) is 4.74 Å². The Balaban J connectivity index is 2.10. The Morgan fingerprint density at radius 1 is 1.59 bits per heavy atom. The van der Waals surface area contributed by atoms with Gasteiger partial charge >= 0.3 is 11.8 Å². The van der Waals surface area contributed by atoms with Crippen molar-refractivity contribution in [1.29, 1.82) is 0 Å². The highest BCUT2D eigenvalue weighted by Crippen LogP contribution is 2.39. The van der Waals surface area contributed by atoms with Gasteiger partial charge in [0.2, 0.25) is 0 Å². The third-order valence-electron chi connectivity index (χ3n) is 3.21. The van der Waals surface area contributed by atoms with Crippen LogP contribution in [0.1, 0.15) is 0 Å². The van der Waals surface area contributed by atoms with E-state index in [2.05, 4.69) is 5.32 Å². The molecule has 22 heavy (non-hydrogen) atoms. The number of hydrogen-bond donors (Lipinski definition) is 3. The zero-order valence-corrected chi connectivity index (χ0v) is 12.1. The second-order valence-corrected chi connectivity index (χ2v) is 5.06. The molecule has 0 aromatic heterocycles. The van der Waals surface area contributed by atoms with Crippen LogP contribution in [0, 0.1) is 10.1 Å². The lowest BCUT2D eigenvalue weighted by Crippen LogP contribution is -2.47. The molecule has 1 fully saturated rings. The minimum absolute atomic E-state index is 0.0958. The van der Waals surface area contributed by atoms with E-state index in [1.807, 2.05) is 0 Å². The normalized spacial score (nSPS) is 18.0. The van der Waals surface area contributed by atoms with Crippen LogP contribution < -0.4 is 5.32 Å². The summed E-state index contributed by atoms with van der Waals surface area (Å²) in [5, 5.41) is 32.3. The predicted molar refractivity (Wildman–Crippen MR) is 77.6 cm³/mol. The molecule has 0 bridgehead atoms. The van der Waals surface area contributed by atoms with Crippen molar-refractivity contribution in [3.8, 4) is 5.75 Å². The molecular formula is C12H14ClN3O6. The first-order valence-corrected chi connectivity index (χ1v) is 6.77. The molecule has 120 valence electrons. The number of carboxylic acid groups (broad SMARTS) is 1. The van der Waals surface area contributed by atoms with Gasteiger partial charge in [-0.05, 0) is 12.1 Å². The Labute approximate surface area is 130 Å². The minimum atomic E-state index is -1.05. The van der Waals surface area contributed by atoms with Gasteiger partial charge in [0.15, 0.2) is 5.69 Å². The summed E-state index contributed by atoms with van der Waals surface area (Å²) in [6.07, 6.45) is -1.53. The highest BCUT2D eigenvalue weighted by molar-refractivity contribution is 6.33. The van der Waals surface area contributed by atoms with Crippen molar-refractivity contribution in [3.63, 3.8) is 0 Å². The van der Waals surface area contributed by atoms with E-state index in [9.17, 15) is 20.0 Å². The molecule has 1 amide bonds. The van der Waals surface area contributed by atoms with Crippen molar-refractivity contribution >= 4 is 29.1 Å². The van der Waals surface area contributed by atoms with E-state index < -0.39 is 22.8 Å². The van der Waals surface area contributed by atoms with Gasteiger partial charge in [-0.3, -0.25) is 10.1 Å². The standard InChI is InChI=1S/C12H14ClN3O6/c13-8-1-2-9(17)10(11(8)16(20)21)14-5-7-6-15(12(18)19)3-4-22-7/h1-2,7,14,17H,3-6H2,(H,18,19). The van der Waals surface area contributed by atoms with Crippen LogP contribution in [0.2, 0.25) is 5.02 Å². The van der Waals surface area contributed by atoms with Gasteiger partial charge in [-0.25, -0.2) is 4.79 Å². The van der Waals surface area contributed by atoms with E-state index >= 15 is 0 Å². The average Bonchev–Trinajstić information content (AvgIpc) is 2.47. The molecule has 10 heteroatoms. The van der Waals surface area contributed by atoms with Gasteiger partial charge in [-0.15, -0.1) is 0 Å². The van der Waals surface area contributed by atoms with Crippen LogP contribution in [0.3, 0.4) is 0 Å². The minimum Gasteiger partial charge on any atom is -0.506 e. The number of phenols is 1. The number of halogens is 1. The van der Waals surface area contributed by atoms with Crippen molar-refractivity contribution in [2.24, 2.45) is 0 Å². The molecular weight excluding hydrogens is 318 g/mol. The molecule has 1 unspecified atom stereocenters. The summed E-state index contributed by atoms with van der Waals surface area (Å²) in [5.41, 5.74) is -0.555. The van der Waals surface area contributed by atoms with E-state index in [0.717, 1.165) is 0 Å². The van der Waals surface area contributed by atoms with E-state index in [0.29, 0.717) is 0 Å². The van der Waals surface area contributed by atoms with Crippen molar-refractivity contribution in [2.45, 2.75) is 6.10 Å². The third-order valence-corrected chi connectivity index (χ3v) is 3.51. The molecule has 1 saturated heterocycles. The van der Waals surface area contributed by atoms with Gasteiger partial charge in [0.05, 0.1) is 24.2 Å². The topological polar surface area (TPSA) is 125 Å². The summed E-state index contributed by atoms with van der Waals surface area (Å²) in [6, 6.07) is 2.46. The zero-order chi connectivity index (χ0) is 16.3. The molecule has 1 aliphatic heterocycles. The number of anilines is 1. The van der Waals surface area contributed by atoms with Gasteiger partial charge in [-0.1, -0.05) is 11.6 Å². The van der Waals surface area contributed by atoms with Gasteiger partial charge in [0, 0.05) is 13.1 Å². The number of hydrogen-bond acceptors (Lipinski definition) is 6. The van der Waals surface area contributed by atoms with Crippen molar-refractivity contribution in [2.75, 3.05) is 31.6 Å². The quantitative estimate of drug-likeness (QED) is 0.436. The number of carbonyl (C=O) groups is 1. The molecule has 1 heterocycles. The monoisotopic (exact) mass is 331 g/mol. The largest absolute Gasteiger partial charge is 0.506 e. The summed E-state index contributed by atoms with van der Waals surface area (Å²) in [5.74, 6) is -0.318. The SMILES string of the molecule is O=C(O)N1CCOC(CNc2c(O)ccc(Cl)c2[N+](=O)[O-])C1. The number of aromatic hydroxyl groups is 1. The number of nitro groups is 1. The smallest absolute Gasteiger partial charge is 0.407 e. The van der Waals surface area contributed by atoms with Crippen molar-refractivity contribution in [3.05, 3.63) is 27.3 Å². The highest BCUT2D eigenvalue weighted by atomic mass is 35.5. The highest BCUT2D eigenvalue weighted by Gasteiger charge is 2.26. The maximum atomic E-state index is 11.0. The van der Waals surface area contributed by atoms with Crippen LogP contribution in [0.15, 0.2) is 12.1 Å². The van der Waals surface area contributed by atoms with Crippen LogP contribution in [-0.4, -0.2) is 58.5 Å². The van der Waals surface area contributed by atoms with Gasteiger partial charge in [-0.2, -0.15) is 0 Å². The number of nitrogens with one attached hydrogen (secondary N) is 1. The number of amides is 1. The lowest BCUT2D eigenvalue weighted by molar-refractivity contribution is -0.383. The number of benzene rings is 1. The van der Waals surface area contributed by atoms with E-state index in [4.69, 9.17) is 21.4 Å². The molecule has 0 aliphatic carbocycles. The average molecular weight is 332 g/mol. The molecule has 1 aliphatic rings. The molecule has 1 aromatic carbocycles. The van der Waals surface area contributed by atoms with Crippen LogP contribution in [0.25, 0.3) is 0 Å². The summed E-state index contributed by atoms with van der Waals surface area (Å²) in [6.45, 7) is 0.743. The Hall–Kier alpha value is -2.26. The van der Waals surface area contributed by atoms with Crippen molar-refractivity contribution in [1.82, 2.24) is 4.90 Å². The second kappa shape index (κ2) is 6.67. The fourth-order valence-electron chi connectivity index (χ4n) is 2.14. The molecule has 1 aromatic rings. The van der Waals surface area contributed by atoms with E-state index in [1.54, 1.807) is 0 Å². The Kier molecular flexibility index (Phi) is 4.88. The molecule has 0 radical (unpaired) electrons.